The van der Waals surface area contributed by atoms with Gasteiger partial charge in [0.2, 0.25) is 0 Å². The molecule has 6 nitrogen and oxygen atoms in total. The van der Waals surface area contributed by atoms with Gasteiger partial charge in [-0.05, 0) is 20.3 Å². The van der Waals surface area contributed by atoms with Crippen molar-refractivity contribution in [2.24, 2.45) is 5.84 Å². The molecule has 0 saturated carbocycles. The minimum Gasteiger partial charge on any atom is -0.376 e. The van der Waals surface area contributed by atoms with Gasteiger partial charge < -0.3 is 15.5 Å². The molecule has 0 spiro atoms. The van der Waals surface area contributed by atoms with Crippen LogP contribution >= 0.6 is 0 Å². The Labute approximate surface area is 94.6 Å². The van der Waals surface area contributed by atoms with Crippen LogP contribution in [0.1, 0.15) is 19.2 Å². The lowest BCUT2D eigenvalue weighted by Crippen LogP contribution is -2.27. The van der Waals surface area contributed by atoms with Crippen LogP contribution in [0.15, 0.2) is 6.07 Å². The van der Waals surface area contributed by atoms with E-state index < -0.39 is 0 Å². The lowest BCUT2D eigenvalue weighted by Gasteiger charge is -2.17. The van der Waals surface area contributed by atoms with Crippen molar-refractivity contribution < 1.29 is 4.74 Å². The number of hydrogen-bond acceptors (Lipinski definition) is 6. The minimum absolute atomic E-state index is 0.213. The zero-order valence-corrected chi connectivity index (χ0v) is 9.53. The van der Waals surface area contributed by atoms with E-state index in [9.17, 15) is 0 Å². The summed E-state index contributed by atoms with van der Waals surface area (Å²) >= 11 is 0. The average molecular weight is 223 g/mol. The molecule has 88 valence electrons. The van der Waals surface area contributed by atoms with Gasteiger partial charge in [-0.15, -0.1) is 0 Å². The number of nitrogens with two attached hydrogens (primary N) is 1. The highest BCUT2D eigenvalue weighted by Gasteiger charge is 2.24. The number of rotatable bonds is 3. The molecule has 2 atom stereocenters. The summed E-state index contributed by atoms with van der Waals surface area (Å²) in [6.07, 6.45) is 1.21. The van der Waals surface area contributed by atoms with Gasteiger partial charge in [0.15, 0.2) is 0 Å². The minimum atomic E-state index is 0.213. The van der Waals surface area contributed by atoms with Crippen LogP contribution in [0.4, 0.5) is 11.6 Å². The van der Waals surface area contributed by atoms with Crippen LogP contribution < -0.4 is 16.6 Å². The van der Waals surface area contributed by atoms with Crippen molar-refractivity contribution in [1.82, 2.24) is 9.97 Å². The summed E-state index contributed by atoms with van der Waals surface area (Å²) in [7, 11) is 0. The Hall–Kier alpha value is -1.40. The number of anilines is 2. The maximum Gasteiger partial charge on any atom is 0.145 e. The lowest BCUT2D eigenvalue weighted by atomic mass is 10.1. The van der Waals surface area contributed by atoms with E-state index in [4.69, 9.17) is 10.6 Å². The maximum atomic E-state index is 5.48. The van der Waals surface area contributed by atoms with Crippen molar-refractivity contribution in [3.05, 3.63) is 11.9 Å². The van der Waals surface area contributed by atoms with Gasteiger partial charge in [-0.25, -0.2) is 15.8 Å². The quantitative estimate of drug-likeness (QED) is 0.515. The number of nitrogens with one attached hydrogen (secondary N) is 2. The van der Waals surface area contributed by atoms with E-state index in [-0.39, 0.29) is 6.10 Å². The molecule has 0 aliphatic carbocycles. The van der Waals surface area contributed by atoms with Crippen LogP contribution in [0.2, 0.25) is 0 Å². The number of hydrazine groups is 1. The summed E-state index contributed by atoms with van der Waals surface area (Å²) in [5, 5.41) is 3.33. The molecule has 2 heterocycles. The molecule has 1 aromatic heterocycles. The Bertz CT molecular complexity index is 370. The van der Waals surface area contributed by atoms with Gasteiger partial charge in [0.05, 0.1) is 12.1 Å². The summed E-state index contributed by atoms with van der Waals surface area (Å²) in [5.74, 6) is 7.41. The molecular weight excluding hydrogens is 206 g/mol. The first-order valence-corrected chi connectivity index (χ1v) is 5.39. The smallest absolute Gasteiger partial charge is 0.145 e. The molecule has 2 rings (SSSR count). The number of aryl methyl sites for hydroxylation is 1. The van der Waals surface area contributed by atoms with Crippen molar-refractivity contribution in [3.63, 3.8) is 0 Å². The number of nitrogen functional groups attached to an aromatic ring is 1. The van der Waals surface area contributed by atoms with E-state index in [0.717, 1.165) is 18.8 Å². The third-order valence-corrected chi connectivity index (χ3v) is 2.70. The topological polar surface area (TPSA) is 85.1 Å². The van der Waals surface area contributed by atoms with Crippen molar-refractivity contribution in [1.29, 1.82) is 0 Å². The van der Waals surface area contributed by atoms with Gasteiger partial charge in [0.25, 0.3) is 0 Å². The van der Waals surface area contributed by atoms with E-state index in [0.29, 0.717) is 17.7 Å². The summed E-state index contributed by atoms with van der Waals surface area (Å²) in [4.78, 5) is 8.43. The molecule has 0 radical (unpaired) electrons. The Morgan fingerprint density at radius 2 is 2.19 bits per heavy atom. The number of hydrogen-bond donors (Lipinski definition) is 3. The Balaban J connectivity index is 2.11. The predicted molar refractivity (Wildman–Crippen MR) is 62.0 cm³/mol. The maximum absolute atomic E-state index is 5.48. The molecule has 1 aliphatic rings. The monoisotopic (exact) mass is 223 g/mol. The lowest BCUT2D eigenvalue weighted by molar-refractivity contribution is 0.121. The Kier molecular flexibility index (Phi) is 3.21. The van der Waals surface area contributed by atoms with E-state index in [1.54, 1.807) is 6.07 Å². The first kappa shape index (κ1) is 11.1. The first-order valence-electron chi connectivity index (χ1n) is 5.39. The summed E-state index contributed by atoms with van der Waals surface area (Å²) in [6, 6.07) is 2.10. The molecule has 16 heavy (non-hydrogen) atoms. The molecule has 1 fully saturated rings. The molecule has 1 aromatic rings. The largest absolute Gasteiger partial charge is 0.376 e. The van der Waals surface area contributed by atoms with Gasteiger partial charge in [-0.3, -0.25) is 0 Å². The number of ether oxygens (including phenoxy) is 1. The van der Waals surface area contributed by atoms with Gasteiger partial charge >= 0.3 is 0 Å². The highest BCUT2D eigenvalue weighted by atomic mass is 16.5. The van der Waals surface area contributed by atoms with Gasteiger partial charge in [0, 0.05) is 12.7 Å². The highest BCUT2D eigenvalue weighted by molar-refractivity contribution is 5.47. The van der Waals surface area contributed by atoms with Gasteiger partial charge in [0.1, 0.15) is 17.5 Å². The fourth-order valence-electron chi connectivity index (χ4n) is 1.83. The van der Waals surface area contributed by atoms with Crippen molar-refractivity contribution >= 4 is 11.6 Å². The van der Waals surface area contributed by atoms with E-state index >= 15 is 0 Å². The second-order valence-corrected chi connectivity index (χ2v) is 3.95. The third kappa shape index (κ3) is 2.40. The van der Waals surface area contributed by atoms with E-state index in [1.807, 2.05) is 6.92 Å². The SMILES string of the molecule is Cc1nc(NN)cc(NC2CCOC2C)n1. The number of nitrogens with zero attached hydrogens (tertiary/aromatic N) is 2. The van der Waals surface area contributed by atoms with Crippen molar-refractivity contribution in [3.8, 4) is 0 Å². The van der Waals surface area contributed by atoms with E-state index in [1.165, 1.54) is 0 Å². The molecule has 6 heteroatoms. The second kappa shape index (κ2) is 4.63. The van der Waals surface area contributed by atoms with Crippen LogP contribution in [0.3, 0.4) is 0 Å². The van der Waals surface area contributed by atoms with Gasteiger partial charge in [-0.2, -0.15) is 0 Å². The number of aromatic nitrogens is 2. The fourth-order valence-corrected chi connectivity index (χ4v) is 1.83. The Morgan fingerprint density at radius 1 is 1.44 bits per heavy atom. The van der Waals surface area contributed by atoms with E-state index in [2.05, 4.69) is 27.6 Å². The Morgan fingerprint density at radius 3 is 2.81 bits per heavy atom. The molecule has 1 saturated heterocycles. The molecule has 0 aromatic carbocycles. The van der Waals surface area contributed by atoms with Crippen molar-refractivity contribution in [2.75, 3.05) is 17.3 Å². The predicted octanol–water partition coefficient (Wildman–Crippen LogP) is 0.660. The fraction of sp³-hybridized carbons (Fsp3) is 0.600. The zero-order valence-electron chi connectivity index (χ0n) is 9.53. The van der Waals surface area contributed by atoms with Crippen LogP contribution in [-0.2, 0) is 4.74 Å². The molecule has 0 bridgehead atoms. The van der Waals surface area contributed by atoms with Crippen LogP contribution in [0.25, 0.3) is 0 Å². The normalized spacial score (nSPS) is 24.4. The summed E-state index contributed by atoms with van der Waals surface area (Å²) in [6.45, 7) is 4.69. The van der Waals surface area contributed by atoms with Gasteiger partial charge in [-0.1, -0.05) is 0 Å². The second-order valence-electron chi connectivity index (χ2n) is 3.95. The zero-order chi connectivity index (χ0) is 11.5. The average Bonchev–Trinajstić information content (AvgIpc) is 2.63. The first-order chi connectivity index (χ1) is 7.69. The molecular formula is C10H17N5O. The molecule has 2 unspecified atom stereocenters. The summed E-state index contributed by atoms with van der Waals surface area (Å²) < 4.78 is 5.48. The van der Waals surface area contributed by atoms with Crippen LogP contribution in [0, 0.1) is 6.92 Å². The highest BCUT2D eigenvalue weighted by Crippen LogP contribution is 2.18. The standard InChI is InChI=1S/C10H17N5O/c1-6-8(3-4-16-6)14-9-5-10(15-11)13-7(2)12-9/h5-6,8H,3-4,11H2,1-2H3,(H2,12,13,14,15). The molecule has 4 N–H and O–H groups in total. The van der Waals surface area contributed by atoms with Crippen molar-refractivity contribution in [2.45, 2.75) is 32.4 Å². The third-order valence-electron chi connectivity index (χ3n) is 2.70. The van der Waals surface area contributed by atoms with Crippen LogP contribution in [-0.4, -0.2) is 28.7 Å². The van der Waals surface area contributed by atoms with Crippen LogP contribution in [0.5, 0.6) is 0 Å². The summed E-state index contributed by atoms with van der Waals surface area (Å²) in [5.41, 5.74) is 2.52. The molecule has 1 aliphatic heterocycles. The molecule has 0 amide bonds.